The molecule has 1 aromatic carbocycles. The van der Waals surface area contributed by atoms with Gasteiger partial charge >= 0.3 is 0 Å². The number of fused-ring (bicyclic) bond motifs is 1. The fourth-order valence-electron chi connectivity index (χ4n) is 4.97. The normalized spacial score (nSPS) is 24.7. The van der Waals surface area contributed by atoms with Gasteiger partial charge in [0.15, 0.2) is 0 Å². The van der Waals surface area contributed by atoms with Crippen molar-refractivity contribution in [1.29, 1.82) is 0 Å². The number of likely N-dealkylation sites (tertiary alicyclic amines) is 2. The summed E-state index contributed by atoms with van der Waals surface area (Å²) in [4.78, 5) is 53.2. The van der Waals surface area contributed by atoms with E-state index < -0.39 is 0 Å². The van der Waals surface area contributed by atoms with Crippen LogP contribution in [0.5, 0.6) is 0 Å². The van der Waals surface area contributed by atoms with E-state index in [0.717, 1.165) is 31.4 Å². The lowest BCUT2D eigenvalue weighted by molar-refractivity contribution is -0.141. The lowest BCUT2D eigenvalue weighted by Gasteiger charge is -2.31. The van der Waals surface area contributed by atoms with E-state index >= 15 is 0 Å². The predicted molar refractivity (Wildman–Crippen MR) is 111 cm³/mol. The van der Waals surface area contributed by atoms with Gasteiger partial charge in [-0.1, -0.05) is 31.0 Å². The Morgan fingerprint density at radius 2 is 1.50 bits per heavy atom. The van der Waals surface area contributed by atoms with Crippen LogP contribution in [-0.4, -0.2) is 53.1 Å². The van der Waals surface area contributed by atoms with E-state index in [1.54, 1.807) is 4.90 Å². The number of hydrogen-bond acceptors (Lipinski definition) is 4. The fraction of sp³-hybridized carbons (Fsp3) is 0.565. The number of carbonyl (C=O) groups excluding carboxylic acids is 4. The molecule has 1 N–H and O–H groups in total. The number of nitrogens with one attached hydrogen (secondary N) is 1. The number of para-hydroxylation sites is 1. The number of anilines is 1. The van der Waals surface area contributed by atoms with Gasteiger partial charge in [0.25, 0.3) is 0 Å². The van der Waals surface area contributed by atoms with Gasteiger partial charge in [0.05, 0.1) is 11.8 Å². The Balaban J connectivity index is 1.23. The van der Waals surface area contributed by atoms with Crippen LogP contribution in [0.4, 0.5) is 5.69 Å². The van der Waals surface area contributed by atoms with Gasteiger partial charge in [0.2, 0.25) is 23.6 Å². The van der Waals surface area contributed by atoms with E-state index in [1.807, 2.05) is 30.3 Å². The minimum Gasteiger partial charge on any atom is -0.343 e. The van der Waals surface area contributed by atoms with Crippen molar-refractivity contribution >= 4 is 29.3 Å². The van der Waals surface area contributed by atoms with Gasteiger partial charge < -0.3 is 10.2 Å². The molecule has 1 aromatic rings. The quantitative estimate of drug-likeness (QED) is 0.754. The number of piperidine rings is 1. The van der Waals surface area contributed by atoms with Crippen LogP contribution in [0.3, 0.4) is 0 Å². The van der Waals surface area contributed by atoms with Gasteiger partial charge in [-0.05, 0) is 37.8 Å². The zero-order valence-electron chi connectivity index (χ0n) is 17.2. The maximum absolute atomic E-state index is 12.6. The number of carbonyl (C=O) groups is 4. The summed E-state index contributed by atoms with van der Waals surface area (Å²) < 4.78 is 0. The highest BCUT2D eigenvalue weighted by atomic mass is 16.2. The topological polar surface area (TPSA) is 86.8 Å². The van der Waals surface area contributed by atoms with Crippen molar-refractivity contribution in [2.75, 3.05) is 25.0 Å². The van der Waals surface area contributed by atoms with Gasteiger partial charge in [-0.15, -0.1) is 0 Å². The Morgan fingerprint density at radius 1 is 0.900 bits per heavy atom. The Hall–Kier alpha value is -2.70. The van der Waals surface area contributed by atoms with Gasteiger partial charge in [0.1, 0.15) is 0 Å². The number of benzene rings is 1. The zero-order chi connectivity index (χ0) is 21.1. The average molecular weight is 412 g/mol. The molecule has 1 saturated carbocycles. The molecule has 0 bridgehead atoms. The molecule has 4 rings (SSSR count). The second-order valence-electron chi connectivity index (χ2n) is 8.59. The van der Waals surface area contributed by atoms with Crippen molar-refractivity contribution in [3.63, 3.8) is 0 Å². The molecule has 3 fully saturated rings. The molecule has 0 spiro atoms. The van der Waals surface area contributed by atoms with E-state index in [9.17, 15) is 19.2 Å². The van der Waals surface area contributed by atoms with Crippen molar-refractivity contribution < 1.29 is 19.2 Å². The van der Waals surface area contributed by atoms with E-state index in [1.165, 1.54) is 4.90 Å². The van der Waals surface area contributed by atoms with E-state index in [0.29, 0.717) is 25.9 Å². The van der Waals surface area contributed by atoms with Crippen LogP contribution in [0.25, 0.3) is 0 Å². The Kier molecular flexibility index (Phi) is 6.16. The highest BCUT2D eigenvalue weighted by Gasteiger charge is 2.47. The number of imide groups is 1. The molecule has 2 heterocycles. The Morgan fingerprint density at radius 3 is 2.10 bits per heavy atom. The van der Waals surface area contributed by atoms with Crippen LogP contribution in [-0.2, 0) is 19.2 Å². The van der Waals surface area contributed by atoms with E-state index in [-0.39, 0.29) is 54.3 Å². The largest absolute Gasteiger partial charge is 0.343 e. The second-order valence-corrected chi connectivity index (χ2v) is 8.59. The molecule has 1 aliphatic carbocycles. The summed E-state index contributed by atoms with van der Waals surface area (Å²) >= 11 is 0. The maximum Gasteiger partial charge on any atom is 0.233 e. The first kappa shape index (κ1) is 20.6. The summed E-state index contributed by atoms with van der Waals surface area (Å²) in [5.74, 6) is -0.682. The first-order valence-corrected chi connectivity index (χ1v) is 11.0. The minimum atomic E-state index is -0.166. The zero-order valence-corrected chi connectivity index (χ0v) is 17.2. The minimum absolute atomic E-state index is 0.0100. The molecular weight excluding hydrogens is 382 g/mol. The van der Waals surface area contributed by atoms with Crippen molar-refractivity contribution in [1.82, 2.24) is 9.80 Å². The predicted octanol–water partition coefficient (Wildman–Crippen LogP) is 2.43. The molecule has 3 aliphatic rings. The maximum atomic E-state index is 12.6. The van der Waals surface area contributed by atoms with Gasteiger partial charge in [0, 0.05) is 37.7 Å². The molecule has 2 atom stereocenters. The Bertz CT molecular complexity index is 793. The molecular formula is C23H29N3O4. The standard InChI is InChI=1S/C23H29N3O4/c27-20(12-15-26-22(29)18-8-4-5-9-19(18)23(26)30)25-13-10-16(11-14-25)21(28)24-17-6-2-1-3-7-17/h1-3,6-7,16,18-19H,4-5,8-15H2,(H,24,28)/t18-,19+. The molecule has 0 aromatic heterocycles. The number of hydrogen-bond donors (Lipinski definition) is 1. The average Bonchev–Trinajstić information content (AvgIpc) is 3.03. The summed E-state index contributed by atoms with van der Waals surface area (Å²) in [6.07, 6.45) is 4.99. The summed E-state index contributed by atoms with van der Waals surface area (Å²) in [6.45, 7) is 1.23. The monoisotopic (exact) mass is 411 g/mol. The first-order valence-electron chi connectivity index (χ1n) is 11.0. The molecule has 4 amide bonds. The van der Waals surface area contributed by atoms with Crippen LogP contribution in [0.1, 0.15) is 44.9 Å². The van der Waals surface area contributed by atoms with Crippen LogP contribution in [0, 0.1) is 17.8 Å². The third-order valence-electron chi connectivity index (χ3n) is 6.74. The molecule has 2 aliphatic heterocycles. The molecule has 7 nitrogen and oxygen atoms in total. The molecule has 160 valence electrons. The molecule has 30 heavy (non-hydrogen) atoms. The van der Waals surface area contributed by atoms with Crippen molar-refractivity contribution in [3.05, 3.63) is 30.3 Å². The molecule has 7 heteroatoms. The van der Waals surface area contributed by atoms with Crippen LogP contribution in [0.15, 0.2) is 30.3 Å². The third kappa shape index (κ3) is 4.25. The first-order chi connectivity index (χ1) is 14.5. The molecule has 0 unspecified atom stereocenters. The van der Waals surface area contributed by atoms with E-state index in [2.05, 4.69) is 5.32 Å². The van der Waals surface area contributed by atoms with Crippen LogP contribution >= 0.6 is 0 Å². The van der Waals surface area contributed by atoms with Crippen molar-refractivity contribution in [2.45, 2.75) is 44.9 Å². The Labute approximate surface area is 176 Å². The number of nitrogens with zero attached hydrogens (tertiary/aromatic N) is 2. The molecule has 2 saturated heterocycles. The van der Waals surface area contributed by atoms with Crippen molar-refractivity contribution in [3.8, 4) is 0 Å². The summed E-state index contributed by atoms with van der Waals surface area (Å²) in [6, 6.07) is 9.36. The van der Waals surface area contributed by atoms with Crippen molar-refractivity contribution in [2.24, 2.45) is 17.8 Å². The third-order valence-corrected chi connectivity index (χ3v) is 6.74. The lowest BCUT2D eigenvalue weighted by atomic mass is 9.81. The number of rotatable bonds is 5. The lowest BCUT2D eigenvalue weighted by Crippen LogP contribution is -2.43. The fourth-order valence-corrected chi connectivity index (χ4v) is 4.97. The van der Waals surface area contributed by atoms with Crippen LogP contribution in [0.2, 0.25) is 0 Å². The van der Waals surface area contributed by atoms with Crippen LogP contribution < -0.4 is 5.32 Å². The summed E-state index contributed by atoms with van der Waals surface area (Å²) in [5, 5.41) is 2.93. The summed E-state index contributed by atoms with van der Waals surface area (Å²) in [7, 11) is 0. The van der Waals surface area contributed by atoms with E-state index in [4.69, 9.17) is 0 Å². The molecule has 0 radical (unpaired) electrons. The van der Waals surface area contributed by atoms with Gasteiger partial charge in [-0.2, -0.15) is 0 Å². The highest BCUT2D eigenvalue weighted by molar-refractivity contribution is 6.05. The van der Waals surface area contributed by atoms with Gasteiger partial charge in [-0.3, -0.25) is 24.1 Å². The van der Waals surface area contributed by atoms with Gasteiger partial charge in [-0.25, -0.2) is 0 Å². The second kappa shape index (κ2) is 8.98. The smallest absolute Gasteiger partial charge is 0.233 e. The SMILES string of the molecule is O=C(Nc1ccccc1)C1CCN(C(=O)CCN2C(=O)[C@H]3CCCC[C@H]3C2=O)CC1. The highest BCUT2D eigenvalue weighted by Crippen LogP contribution is 2.38. The number of amides is 4. The summed E-state index contributed by atoms with van der Waals surface area (Å²) in [5.41, 5.74) is 0.779.